The first kappa shape index (κ1) is 22.9. The number of benzene rings is 2. The molecular weight excluding hydrogens is 432 g/mol. The van der Waals surface area contributed by atoms with Gasteiger partial charge in [0.25, 0.3) is 5.91 Å². The standard InChI is InChI=1S/C23H29BrN2O3/c1-16-13-19(11-12-20(16)24)29-15-21(27)26(14-18-9-7-6-8-10-18)17(2)22(28)25-23(3,4)5/h6-13,17H,14-15H2,1-5H3,(H,25,28)/t17-/m0/s1. The van der Waals surface area contributed by atoms with Crippen LogP contribution in [0.1, 0.15) is 38.8 Å². The molecule has 0 aliphatic heterocycles. The maximum Gasteiger partial charge on any atom is 0.261 e. The first-order valence-corrected chi connectivity index (χ1v) is 10.4. The average molecular weight is 461 g/mol. The Hall–Kier alpha value is -2.34. The van der Waals surface area contributed by atoms with Crippen molar-refractivity contribution in [2.45, 2.75) is 52.7 Å². The number of nitrogens with zero attached hydrogens (tertiary/aromatic N) is 1. The maximum absolute atomic E-state index is 13.0. The highest BCUT2D eigenvalue weighted by Gasteiger charge is 2.28. The third kappa shape index (κ3) is 7.20. The lowest BCUT2D eigenvalue weighted by Crippen LogP contribution is -2.53. The Morgan fingerprint density at radius 2 is 1.79 bits per heavy atom. The lowest BCUT2D eigenvalue weighted by molar-refractivity contribution is -0.142. The molecule has 29 heavy (non-hydrogen) atoms. The highest BCUT2D eigenvalue weighted by atomic mass is 79.9. The summed E-state index contributed by atoms with van der Waals surface area (Å²) >= 11 is 3.45. The lowest BCUT2D eigenvalue weighted by Gasteiger charge is -2.31. The van der Waals surface area contributed by atoms with Crippen LogP contribution in [-0.4, -0.2) is 34.9 Å². The first-order chi connectivity index (χ1) is 13.6. The number of hydrogen-bond donors (Lipinski definition) is 1. The molecule has 0 bridgehead atoms. The van der Waals surface area contributed by atoms with Gasteiger partial charge < -0.3 is 15.0 Å². The van der Waals surface area contributed by atoms with E-state index in [1.54, 1.807) is 11.8 Å². The molecule has 2 aromatic rings. The van der Waals surface area contributed by atoms with Gasteiger partial charge in [-0.15, -0.1) is 0 Å². The van der Waals surface area contributed by atoms with Crippen LogP contribution in [-0.2, 0) is 16.1 Å². The first-order valence-electron chi connectivity index (χ1n) is 9.61. The monoisotopic (exact) mass is 460 g/mol. The SMILES string of the molecule is Cc1cc(OCC(=O)N(Cc2ccccc2)[C@@H](C)C(=O)NC(C)(C)C)ccc1Br. The summed E-state index contributed by atoms with van der Waals surface area (Å²) in [6.45, 7) is 9.65. The van der Waals surface area contributed by atoms with Crippen LogP contribution in [0.15, 0.2) is 53.0 Å². The summed E-state index contributed by atoms with van der Waals surface area (Å²) in [6.07, 6.45) is 0. The van der Waals surface area contributed by atoms with Crippen molar-refractivity contribution in [1.29, 1.82) is 0 Å². The smallest absolute Gasteiger partial charge is 0.261 e. The van der Waals surface area contributed by atoms with Crippen LogP contribution >= 0.6 is 15.9 Å². The maximum atomic E-state index is 13.0. The number of amides is 2. The molecule has 1 N–H and O–H groups in total. The number of ether oxygens (including phenoxy) is 1. The summed E-state index contributed by atoms with van der Waals surface area (Å²) < 4.78 is 6.69. The van der Waals surface area contributed by atoms with E-state index in [0.29, 0.717) is 12.3 Å². The van der Waals surface area contributed by atoms with Crippen molar-refractivity contribution in [3.63, 3.8) is 0 Å². The zero-order chi connectivity index (χ0) is 21.6. The van der Waals surface area contributed by atoms with Crippen molar-refractivity contribution >= 4 is 27.7 Å². The van der Waals surface area contributed by atoms with Gasteiger partial charge in [-0.3, -0.25) is 9.59 Å². The molecule has 6 heteroatoms. The number of rotatable bonds is 7. The highest BCUT2D eigenvalue weighted by Crippen LogP contribution is 2.22. The van der Waals surface area contributed by atoms with E-state index in [1.807, 2.05) is 76.2 Å². The average Bonchev–Trinajstić information content (AvgIpc) is 2.65. The van der Waals surface area contributed by atoms with Crippen molar-refractivity contribution < 1.29 is 14.3 Å². The predicted octanol–water partition coefficient (Wildman–Crippen LogP) is 4.47. The van der Waals surface area contributed by atoms with Crippen LogP contribution in [0.2, 0.25) is 0 Å². The van der Waals surface area contributed by atoms with Crippen LogP contribution < -0.4 is 10.1 Å². The van der Waals surface area contributed by atoms with Gasteiger partial charge in [0.1, 0.15) is 11.8 Å². The molecule has 0 aromatic heterocycles. The minimum absolute atomic E-state index is 0.138. The van der Waals surface area contributed by atoms with Crippen LogP contribution in [0.3, 0.4) is 0 Å². The molecule has 0 saturated heterocycles. The largest absolute Gasteiger partial charge is 0.484 e. The Morgan fingerprint density at radius 1 is 1.14 bits per heavy atom. The topological polar surface area (TPSA) is 58.6 Å². The van der Waals surface area contributed by atoms with E-state index < -0.39 is 6.04 Å². The number of carbonyl (C=O) groups excluding carboxylic acids is 2. The fraction of sp³-hybridized carbons (Fsp3) is 0.391. The second-order valence-electron chi connectivity index (χ2n) is 8.12. The lowest BCUT2D eigenvalue weighted by atomic mass is 10.1. The van der Waals surface area contributed by atoms with Crippen LogP contribution in [0, 0.1) is 6.92 Å². The minimum atomic E-state index is -0.628. The normalized spacial score (nSPS) is 12.2. The van der Waals surface area contributed by atoms with E-state index in [-0.39, 0.29) is 24.0 Å². The molecule has 1 atom stereocenters. The Balaban J connectivity index is 2.15. The van der Waals surface area contributed by atoms with Crippen molar-refractivity contribution in [3.8, 4) is 5.75 Å². The van der Waals surface area contributed by atoms with Gasteiger partial charge in [-0.25, -0.2) is 0 Å². The van der Waals surface area contributed by atoms with Crippen molar-refractivity contribution in [2.24, 2.45) is 0 Å². The summed E-state index contributed by atoms with van der Waals surface area (Å²) in [4.78, 5) is 27.3. The highest BCUT2D eigenvalue weighted by molar-refractivity contribution is 9.10. The molecule has 0 aliphatic carbocycles. The summed E-state index contributed by atoms with van der Waals surface area (Å²) in [5.74, 6) is 0.178. The quantitative estimate of drug-likeness (QED) is 0.662. The summed E-state index contributed by atoms with van der Waals surface area (Å²) in [5.41, 5.74) is 1.60. The second-order valence-corrected chi connectivity index (χ2v) is 8.98. The minimum Gasteiger partial charge on any atom is -0.484 e. The fourth-order valence-corrected chi connectivity index (χ4v) is 3.02. The van der Waals surface area contributed by atoms with Gasteiger partial charge in [0.15, 0.2) is 6.61 Å². The zero-order valence-electron chi connectivity index (χ0n) is 17.7. The van der Waals surface area contributed by atoms with Gasteiger partial charge in [-0.2, -0.15) is 0 Å². The Morgan fingerprint density at radius 3 is 2.38 bits per heavy atom. The van der Waals surface area contributed by atoms with Crippen LogP contribution in [0.25, 0.3) is 0 Å². The molecule has 0 saturated carbocycles. The Kier molecular flexibility index (Phi) is 7.85. The van der Waals surface area contributed by atoms with Crippen molar-refractivity contribution in [1.82, 2.24) is 10.2 Å². The van der Waals surface area contributed by atoms with Crippen molar-refractivity contribution in [2.75, 3.05) is 6.61 Å². The third-order valence-electron chi connectivity index (χ3n) is 4.35. The Labute approximate surface area is 181 Å². The second kappa shape index (κ2) is 9.92. The van der Waals surface area contributed by atoms with E-state index in [2.05, 4.69) is 21.2 Å². The molecule has 0 heterocycles. The molecule has 5 nitrogen and oxygen atoms in total. The van der Waals surface area contributed by atoms with Gasteiger partial charge in [-0.05, 0) is 63.9 Å². The molecule has 0 spiro atoms. The van der Waals surface area contributed by atoms with Gasteiger partial charge in [0.05, 0.1) is 0 Å². The predicted molar refractivity (Wildman–Crippen MR) is 119 cm³/mol. The van der Waals surface area contributed by atoms with Gasteiger partial charge in [0.2, 0.25) is 5.91 Å². The van der Waals surface area contributed by atoms with E-state index >= 15 is 0 Å². The number of aryl methyl sites for hydroxylation is 1. The number of nitrogens with one attached hydrogen (secondary N) is 1. The Bertz CT molecular complexity index is 847. The fourth-order valence-electron chi connectivity index (χ4n) is 2.77. The summed E-state index contributed by atoms with van der Waals surface area (Å²) in [6, 6.07) is 14.6. The number of carbonyl (C=O) groups is 2. The summed E-state index contributed by atoms with van der Waals surface area (Å²) in [7, 11) is 0. The zero-order valence-corrected chi connectivity index (χ0v) is 19.2. The van der Waals surface area contributed by atoms with Crippen LogP contribution in [0.4, 0.5) is 0 Å². The molecule has 0 aliphatic rings. The van der Waals surface area contributed by atoms with E-state index in [0.717, 1.165) is 15.6 Å². The number of halogens is 1. The van der Waals surface area contributed by atoms with Gasteiger partial charge in [-0.1, -0.05) is 46.3 Å². The van der Waals surface area contributed by atoms with Gasteiger partial charge in [0, 0.05) is 16.6 Å². The molecule has 2 amide bonds. The van der Waals surface area contributed by atoms with Gasteiger partial charge >= 0.3 is 0 Å². The third-order valence-corrected chi connectivity index (χ3v) is 5.24. The molecule has 0 radical (unpaired) electrons. The molecule has 0 fully saturated rings. The molecular formula is C23H29BrN2O3. The summed E-state index contributed by atoms with van der Waals surface area (Å²) in [5, 5.41) is 2.95. The van der Waals surface area contributed by atoms with Crippen molar-refractivity contribution in [3.05, 3.63) is 64.1 Å². The number of hydrogen-bond acceptors (Lipinski definition) is 3. The van der Waals surface area contributed by atoms with Crippen LogP contribution in [0.5, 0.6) is 5.75 Å². The van der Waals surface area contributed by atoms with E-state index in [1.165, 1.54) is 0 Å². The molecule has 2 aromatic carbocycles. The molecule has 0 unspecified atom stereocenters. The van der Waals surface area contributed by atoms with E-state index in [9.17, 15) is 9.59 Å². The van der Waals surface area contributed by atoms with E-state index in [4.69, 9.17) is 4.74 Å². The molecule has 2 rings (SSSR count). The molecule has 156 valence electrons.